The number of aryl methyl sites for hydroxylation is 1. The van der Waals surface area contributed by atoms with Gasteiger partial charge in [0.15, 0.2) is 0 Å². The fourth-order valence-corrected chi connectivity index (χ4v) is 6.32. The van der Waals surface area contributed by atoms with E-state index in [0.29, 0.717) is 39.1 Å². The summed E-state index contributed by atoms with van der Waals surface area (Å²) in [5, 5.41) is 17.2. The molecular formula is C29H35N5O2. The van der Waals surface area contributed by atoms with Gasteiger partial charge in [-0.05, 0) is 37.4 Å². The molecule has 3 aromatic rings. The van der Waals surface area contributed by atoms with Crippen LogP contribution in [0.2, 0.25) is 0 Å². The number of hydrogen-bond acceptors (Lipinski definition) is 5. The Hall–Kier alpha value is -3.16. The Morgan fingerprint density at radius 1 is 1.11 bits per heavy atom. The van der Waals surface area contributed by atoms with Gasteiger partial charge in [0.05, 0.1) is 11.1 Å². The maximum Gasteiger partial charge on any atom is 0.226 e. The Morgan fingerprint density at radius 2 is 1.86 bits per heavy atom. The number of carbonyl (C=O) groups excluding carboxylic acids is 1. The number of piperidine rings is 2. The average Bonchev–Trinajstić information content (AvgIpc) is 3.20. The van der Waals surface area contributed by atoms with Gasteiger partial charge in [0.2, 0.25) is 5.91 Å². The summed E-state index contributed by atoms with van der Waals surface area (Å²) in [5.74, 6) is 0.443. The van der Waals surface area contributed by atoms with Crippen LogP contribution in [-0.4, -0.2) is 70.4 Å². The van der Waals surface area contributed by atoms with Crippen LogP contribution in [0.3, 0.4) is 0 Å². The lowest BCUT2D eigenvalue weighted by atomic mass is 9.80. The molecule has 7 nitrogen and oxygen atoms in total. The first-order chi connectivity index (χ1) is 17.5. The SMILES string of the molecule is Cn1c2c(c3ccccc31)=CN(CC1(O)CCN(C(=O)[C@@H]3CCNC[C@H]3c3ccccc3)CC1)CN=2. The van der Waals surface area contributed by atoms with E-state index in [1.165, 1.54) is 16.5 Å². The zero-order valence-corrected chi connectivity index (χ0v) is 20.9. The smallest absolute Gasteiger partial charge is 0.226 e. The number of carbonyl (C=O) groups is 1. The van der Waals surface area contributed by atoms with Crippen LogP contribution in [0.15, 0.2) is 59.6 Å². The highest BCUT2D eigenvalue weighted by Crippen LogP contribution is 2.33. The largest absolute Gasteiger partial charge is 0.388 e. The molecule has 0 aliphatic carbocycles. The van der Waals surface area contributed by atoms with E-state index in [4.69, 9.17) is 4.99 Å². The number of amides is 1. The summed E-state index contributed by atoms with van der Waals surface area (Å²) < 4.78 is 2.14. The molecule has 7 heteroatoms. The Morgan fingerprint density at radius 3 is 2.67 bits per heavy atom. The second kappa shape index (κ2) is 9.37. The van der Waals surface area contributed by atoms with E-state index in [9.17, 15) is 9.90 Å². The van der Waals surface area contributed by atoms with Crippen molar-refractivity contribution >= 4 is 23.0 Å². The highest BCUT2D eigenvalue weighted by molar-refractivity contribution is 5.81. The molecule has 36 heavy (non-hydrogen) atoms. The van der Waals surface area contributed by atoms with Crippen molar-refractivity contribution < 1.29 is 9.90 Å². The topological polar surface area (TPSA) is 73.1 Å². The summed E-state index contributed by atoms with van der Waals surface area (Å²) in [4.78, 5) is 22.5. The molecule has 2 saturated heterocycles. The fourth-order valence-electron chi connectivity index (χ4n) is 6.32. The number of rotatable bonds is 4. The Balaban J connectivity index is 1.13. The normalized spacial score (nSPS) is 23.6. The number of aromatic nitrogens is 1. The maximum absolute atomic E-state index is 13.6. The first kappa shape index (κ1) is 23.3. The summed E-state index contributed by atoms with van der Waals surface area (Å²) >= 11 is 0. The van der Waals surface area contributed by atoms with Crippen LogP contribution in [0.25, 0.3) is 17.1 Å². The third-order valence-corrected chi connectivity index (χ3v) is 8.36. The molecule has 2 atom stereocenters. The molecule has 0 saturated carbocycles. The molecule has 2 aromatic carbocycles. The number of para-hydroxylation sites is 1. The first-order valence-electron chi connectivity index (χ1n) is 13.1. The van der Waals surface area contributed by atoms with E-state index in [1.54, 1.807) is 0 Å². The minimum absolute atomic E-state index is 0.00106. The number of β-amino-alcohol motifs (C(OH)–C–C–N with tert-alkyl or cyclic N) is 1. The number of fused-ring (bicyclic) bond motifs is 3. The molecule has 1 aromatic heterocycles. The average molecular weight is 486 g/mol. The van der Waals surface area contributed by atoms with Gasteiger partial charge in [-0.1, -0.05) is 48.5 Å². The van der Waals surface area contributed by atoms with E-state index in [1.807, 2.05) is 11.0 Å². The number of nitrogens with one attached hydrogen (secondary N) is 1. The van der Waals surface area contributed by atoms with Gasteiger partial charge < -0.3 is 24.8 Å². The van der Waals surface area contributed by atoms with Gasteiger partial charge in [0, 0.05) is 61.9 Å². The minimum atomic E-state index is -0.822. The Labute approximate surface area is 211 Å². The van der Waals surface area contributed by atoms with Crippen molar-refractivity contribution in [3.8, 4) is 0 Å². The van der Waals surface area contributed by atoms with E-state index >= 15 is 0 Å². The molecule has 0 spiro atoms. The van der Waals surface area contributed by atoms with Crippen LogP contribution in [0.1, 0.15) is 30.7 Å². The van der Waals surface area contributed by atoms with Gasteiger partial charge in [-0.2, -0.15) is 0 Å². The van der Waals surface area contributed by atoms with Crippen LogP contribution >= 0.6 is 0 Å². The standard InChI is InChI=1S/C29H35N5O2/c1-32-26-10-6-5-9-22(26)25-18-33(20-31-27(25)32)19-29(36)12-15-34(16-13-29)28(35)23-11-14-30-17-24(23)21-7-3-2-4-8-21/h2-10,18,23-24,30,36H,11-17,19-20H2,1H3/t23-,24+/m1/s1. The molecule has 2 fully saturated rings. The van der Waals surface area contributed by atoms with Crippen LogP contribution in [0.4, 0.5) is 0 Å². The van der Waals surface area contributed by atoms with Gasteiger partial charge in [-0.3, -0.25) is 4.79 Å². The number of likely N-dealkylation sites (tertiary alicyclic amines) is 1. The van der Waals surface area contributed by atoms with Crippen molar-refractivity contribution in [2.45, 2.75) is 30.8 Å². The van der Waals surface area contributed by atoms with Crippen molar-refractivity contribution in [3.05, 3.63) is 70.9 Å². The van der Waals surface area contributed by atoms with Crippen molar-refractivity contribution in [2.24, 2.45) is 18.0 Å². The summed E-state index contributed by atoms with van der Waals surface area (Å²) in [5.41, 5.74) is 2.57. The third kappa shape index (κ3) is 4.20. The second-order valence-corrected chi connectivity index (χ2v) is 10.7. The molecular weight excluding hydrogens is 450 g/mol. The number of benzene rings is 2. The van der Waals surface area contributed by atoms with Gasteiger partial charge in [0.1, 0.15) is 12.2 Å². The highest BCUT2D eigenvalue weighted by atomic mass is 16.3. The third-order valence-electron chi connectivity index (χ3n) is 8.36. The van der Waals surface area contributed by atoms with Crippen LogP contribution < -0.4 is 16.0 Å². The molecule has 2 N–H and O–H groups in total. The number of aliphatic hydroxyl groups is 1. The molecule has 3 aliphatic heterocycles. The lowest BCUT2D eigenvalue weighted by molar-refractivity contribution is -0.141. The summed E-state index contributed by atoms with van der Waals surface area (Å²) in [7, 11) is 2.05. The van der Waals surface area contributed by atoms with Crippen LogP contribution in [-0.2, 0) is 11.8 Å². The van der Waals surface area contributed by atoms with Gasteiger partial charge in [0.25, 0.3) is 0 Å². The molecule has 0 radical (unpaired) electrons. The van der Waals surface area contributed by atoms with E-state index in [-0.39, 0.29) is 17.7 Å². The van der Waals surface area contributed by atoms with Crippen molar-refractivity contribution in [1.29, 1.82) is 0 Å². The van der Waals surface area contributed by atoms with Gasteiger partial charge >= 0.3 is 0 Å². The summed E-state index contributed by atoms with van der Waals surface area (Å²) in [6.45, 7) is 3.98. The summed E-state index contributed by atoms with van der Waals surface area (Å²) in [6, 6.07) is 18.8. The molecule has 4 heterocycles. The monoisotopic (exact) mass is 485 g/mol. The predicted molar refractivity (Wildman–Crippen MR) is 141 cm³/mol. The van der Waals surface area contributed by atoms with Crippen molar-refractivity contribution in [1.82, 2.24) is 19.7 Å². The summed E-state index contributed by atoms with van der Waals surface area (Å²) in [6.07, 6.45) is 4.19. The molecule has 0 unspecified atom stereocenters. The highest BCUT2D eigenvalue weighted by Gasteiger charge is 2.39. The Bertz CT molecular complexity index is 1370. The second-order valence-electron chi connectivity index (χ2n) is 10.7. The van der Waals surface area contributed by atoms with Gasteiger partial charge in [-0.15, -0.1) is 0 Å². The van der Waals surface area contributed by atoms with Crippen molar-refractivity contribution in [3.63, 3.8) is 0 Å². The Kier molecular flexibility index (Phi) is 6.05. The maximum atomic E-state index is 13.6. The van der Waals surface area contributed by atoms with Gasteiger partial charge in [-0.25, -0.2) is 4.99 Å². The van der Waals surface area contributed by atoms with Crippen LogP contribution in [0.5, 0.6) is 0 Å². The first-order valence-corrected chi connectivity index (χ1v) is 13.1. The lowest BCUT2D eigenvalue weighted by Crippen LogP contribution is -2.54. The van der Waals surface area contributed by atoms with E-state index in [2.05, 4.69) is 76.6 Å². The minimum Gasteiger partial charge on any atom is -0.388 e. The van der Waals surface area contributed by atoms with E-state index < -0.39 is 5.60 Å². The fraction of sp³-hybridized carbons (Fsp3) is 0.448. The number of nitrogens with zero attached hydrogens (tertiary/aromatic N) is 4. The quantitative estimate of drug-likeness (QED) is 0.588. The molecule has 1 amide bonds. The van der Waals surface area contributed by atoms with Crippen LogP contribution in [0, 0.1) is 5.92 Å². The zero-order valence-electron chi connectivity index (χ0n) is 20.9. The number of hydrogen-bond donors (Lipinski definition) is 2. The van der Waals surface area contributed by atoms with E-state index in [0.717, 1.165) is 30.2 Å². The lowest BCUT2D eigenvalue weighted by Gasteiger charge is -2.43. The molecule has 0 bridgehead atoms. The molecule has 3 aliphatic rings. The zero-order chi connectivity index (χ0) is 24.7. The van der Waals surface area contributed by atoms with Crippen molar-refractivity contribution in [2.75, 3.05) is 39.4 Å². The molecule has 188 valence electrons. The predicted octanol–water partition coefficient (Wildman–Crippen LogP) is 1.56. The molecule has 6 rings (SSSR count).